The van der Waals surface area contributed by atoms with Crippen molar-refractivity contribution in [1.29, 1.82) is 0 Å². The lowest BCUT2D eigenvalue weighted by Gasteiger charge is -2.20. The van der Waals surface area contributed by atoms with Gasteiger partial charge in [0.2, 0.25) is 0 Å². The van der Waals surface area contributed by atoms with E-state index in [0.29, 0.717) is 11.1 Å². The maximum atomic E-state index is 12.4. The molecule has 0 saturated carbocycles. The maximum Gasteiger partial charge on any atom is 0.573 e. The first-order chi connectivity index (χ1) is 28.8. The number of carbonyl (C=O) groups excluding carboxylic acids is 4. The molecule has 0 amide bonds. The van der Waals surface area contributed by atoms with Gasteiger partial charge in [-0.25, -0.2) is 14.4 Å². The summed E-state index contributed by atoms with van der Waals surface area (Å²) in [5.41, 5.74) is -0.335. The smallest absolute Gasteiger partial charge is 0.465 e. The number of hydrogen-bond acceptors (Lipinski definition) is 12. The zero-order chi connectivity index (χ0) is 46.5. The number of alkyl halides is 6. The van der Waals surface area contributed by atoms with Crippen molar-refractivity contribution in [2.24, 2.45) is 0 Å². The molecule has 0 fully saturated rings. The Morgan fingerprint density at radius 3 is 1.40 bits per heavy atom. The summed E-state index contributed by atoms with van der Waals surface area (Å²) in [7, 11) is 2.39. The van der Waals surface area contributed by atoms with E-state index in [0.717, 1.165) is 24.3 Å². The molecule has 0 saturated heterocycles. The molecule has 0 bridgehead atoms. The Balaban J connectivity index is 0.000000330. The van der Waals surface area contributed by atoms with Crippen molar-refractivity contribution in [2.45, 2.75) is 78.3 Å². The Kier molecular flexibility index (Phi) is 17.0. The van der Waals surface area contributed by atoms with Crippen LogP contribution < -0.4 is 18.9 Å². The molecule has 4 rings (SSSR count). The summed E-state index contributed by atoms with van der Waals surface area (Å²) in [6, 6.07) is 18.8. The molecule has 0 aliphatic carbocycles. The lowest BCUT2D eigenvalue weighted by Crippen LogP contribution is -2.24. The summed E-state index contributed by atoms with van der Waals surface area (Å²) in [4.78, 5) is 48.7. The van der Waals surface area contributed by atoms with Crippen LogP contribution in [0.2, 0.25) is 0 Å². The summed E-state index contributed by atoms with van der Waals surface area (Å²) < 4.78 is 113. The number of esters is 4. The monoisotopic (exact) mass is 878 g/mol. The average molecular weight is 879 g/mol. The topological polar surface area (TPSA) is 142 Å². The van der Waals surface area contributed by atoms with Crippen LogP contribution in [0.3, 0.4) is 0 Å². The van der Waals surface area contributed by atoms with Crippen molar-refractivity contribution in [3.8, 4) is 34.5 Å². The molecule has 0 heterocycles. The number of benzene rings is 4. The minimum absolute atomic E-state index is 0.0282. The molecule has 0 aliphatic heterocycles. The van der Waals surface area contributed by atoms with E-state index in [4.69, 9.17) is 28.4 Å². The molecule has 334 valence electrons. The fraction of sp³-hybridized carbons (Fsp3) is 0.318. The Hall–Kier alpha value is -6.72. The van der Waals surface area contributed by atoms with Gasteiger partial charge in [0.05, 0.1) is 14.2 Å². The van der Waals surface area contributed by atoms with Gasteiger partial charge in [0.15, 0.2) is 0 Å². The van der Waals surface area contributed by atoms with E-state index >= 15 is 0 Å². The van der Waals surface area contributed by atoms with E-state index < -0.39 is 59.3 Å². The van der Waals surface area contributed by atoms with Gasteiger partial charge in [0, 0.05) is 12.5 Å². The summed E-state index contributed by atoms with van der Waals surface area (Å²) in [6.07, 6.45) is -6.82. The Morgan fingerprint density at radius 1 is 0.548 bits per heavy atom. The lowest BCUT2D eigenvalue weighted by molar-refractivity contribution is -0.275. The fourth-order valence-corrected chi connectivity index (χ4v) is 5.09. The number of ether oxygens (including phenoxy) is 8. The van der Waals surface area contributed by atoms with Crippen LogP contribution in [-0.2, 0) is 35.0 Å². The molecule has 0 N–H and O–H groups in total. The molecule has 4 aromatic rings. The van der Waals surface area contributed by atoms with Crippen LogP contribution >= 0.6 is 0 Å². The Labute approximate surface area is 353 Å². The third-order valence-corrected chi connectivity index (χ3v) is 7.34. The predicted octanol–water partition coefficient (Wildman–Crippen LogP) is 11.0. The first kappa shape index (κ1) is 49.6. The predicted molar refractivity (Wildman–Crippen MR) is 211 cm³/mol. The Morgan fingerprint density at radius 2 is 0.968 bits per heavy atom. The SMILES string of the molecule is COC(=O)c1c(/C=C/C(=O)OC(C)(C)C)cccc1Oc1ccc(OC(F)(F)F)cc1.COC(=O)c1c(CCC(=O)OC(C)(C)C)cccc1Oc1ccc(OC(F)(F)F)cc1. The van der Waals surface area contributed by atoms with Crippen molar-refractivity contribution in [2.75, 3.05) is 14.2 Å². The van der Waals surface area contributed by atoms with Gasteiger partial charge in [-0.15, -0.1) is 26.3 Å². The summed E-state index contributed by atoms with van der Waals surface area (Å²) in [5, 5.41) is 0. The zero-order valence-corrected chi connectivity index (χ0v) is 34.8. The second-order valence-electron chi connectivity index (χ2n) is 14.7. The molecule has 0 atom stereocenters. The van der Waals surface area contributed by atoms with Gasteiger partial charge in [0.25, 0.3) is 0 Å². The van der Waals surface area contributed by atoms with Crippen LogP contribution in [0, 0.1) is 0 Å². The lowest BCUT2D eigenvalue weighted by atomic mass is 10.0. The molecule has 0 unspecified atom stereocenters. The van der Waals surface area contributed by atoms with Crippen molar-refractivity contribution in [3.63, 3.8) is 0 Å². The van der Waals surface area contributed by atoms with E-state index in [9.17, 15) is 45.5 Å². The first-order valence-corrected chi connectivity index (χ1v) is 18.4. The van der Waals surface area contributed by atoms with Gasteiger partial charge in [0.1, 0.15) is 56.8 Å². The van der Waals surface area contributed by atoms with Crippen LogP contribution in [0.5, 0.6) is 34.5 Å². The summed E-state index contributed by atoms with van der Waals surface area (Å²) >= 11 is 0. The van der Waals surface area contributed by atoms with Gasteiger partial charge in [-0.1, -0.05) is 24.3 Å². The van der Waals surface area contributed by atoms with Crippen molar-refractivity contribution >= 4 is 30.0 Å². The molecule has 62 heavy (non-hydrogen) atoms. The molecule has 0 radical (unpaired) electrons. The highest BCUT2D eigenvalue weighted by Gasteiger charge is 2.32. The molecular formula is C44H44F6O12. The van der Waals surface area contributed by atoms with Gasteiger partial charge in [-0.3, -0.25) is 4.79 Å². The van der Waals surface area contributed by atoms with Gasteiger partial charge >= 0.3 is 36.6 Å². The summed E-state index contributed by atoms with van der Waals surface area (Å²) in [5.74, 6) is -2.67. The largest absolute Gasteiger partial charge is 0.573 e. The number of halogens is 6. The van der Waals surface area contributed by atoms with Crippen molar-refractivity contribution in [1.82, 2.24) is 0 Å². The van der Waals surface area contributed by atoms with Crippen LogP contribution in [0.4, 0.5) is 26.3 Å². The van der Waals surface area contributed by atoms with Crippen LogP contribution in [-0.4, -0.2) is 62.0 Å². The molecule has 0 spiro atoms. The number of rotatable bonds is 13. The molecule has 0 aliphatic rings. The number of hydrogen-bond donors (Lipinski definition) is 0. The third-order valence-electron chi connectivity index (χ3n) is 7.34. The van der Waals surface area contributed by atoms with Crippen LogP contribution in [0.1, 0.15) is 79.8 Å². The number of carbonyl (C=O) groups is 4. The van der Waals surface area contributed by atoms with E-state index in [1.54, 1.807) is 65.8 Å². The summed E-state index contributed by atoms with van der Waals surface area (Å²) in [6.45, 7) is 10.4. The van der Waals surface area contributed by atoms with Crippen LogP contribution in [0.15, 0.2) is 91.0 Å². The second kappa shape index (κ2) is 21.2. The Bertz CT molecular complexity index is 2180. The fourth-order valence-electron chi connectivity index (χ4n) is 5.09. The highest BCUT2D eigenvalue weighted by molar-refractivity contribution is 5.98. The zero-order valence-electron chi connectivity index (χ0n) is 34.8. The van der Waals surface area contributed by atoms with Gasteiger partial charge in [-0.05, 0) is 126 Å². The highest BCUT2D eigenvalue weighted by atomic mass is 19.4. The quantitative estimate of drug-likeness (QED) is 0.0546. The highest BCUT2D eigenvalue weighted by Crippen LogP contribution is 2.33. The molecule has 4 aromatic carbocycles. The molecular weight excluding hydrogens is 834 g/mol. The third kappa shape index (κ3) is 17.5. The molecule has 12 nitrogen and oxygen atoms in total. The average Bonchev–Trinajstić information content (AvgIpc) is 3.15. The normalized spacial score (nSPS) is 11.7. The first-order valence-electron chi connectivity index (χ1n) is 18.4. The standard InChI is InChI=1S/C22H23F3O6.C22H21F3O6/c2*1-21(2,3)31-18(26)13-8-14-6-5-7-17(19(14)20(27)28-4)29-15-9-11-16(12-10-15)30-22(23,24)25/h5-7,9-12H,8,13H2,1-4H3;5-13H,1-4H3/b;13-8+. The van der Waals surface area contributed by atoms with Crippen molar-refractivity contribution in [3.05, 3.63) is 113 Å². The van der Waals surface area contributed by atoms with Gasteiger partial charge in [-0.2, -0.15) is 0 Å². The van der Waals surface area contributed by atoms with E-state index in [-0.39, 0.29) is 47.0 Å². The van der Waals surface area contributed by atoms with E-state index in [1.165, 1.54) is 62.8 Å². The van der Waals surface area contributed by atoms with Gasteiger partial charge < -0.3 is 37.9 Å². The van der Waals surface area contributed by atoms with Crippen LogP contribution in [0.25, 0.3) is 6.08 Å². The van der Waals surface area contributed by atoms with E-state index in [2.05, 4.69) is 9.47 Å². The maximum absolute atomic E-state index is 12.4. The molecule has 0 aromatic heterocycles. The number of methoxy groups -OCH3 is 2. The minimum Gasteiger partial charge on any atom is -0.465 e. The minimum atomic E-state index is -4.81. The number of aryl methyl sites for hydroxylation is 1. The van der Waals surface area contributed by atoms with Crippen molar-refractivity contribution < 1.29 is 83.4 Å². The molecule has 18 heteroatoms. The van der Waals surface area contributed by atoms with E-state index in [1.807, 2.05) is 0 Å². The second-order valence-corrected chi connectivity index (χ2v) is 14.7.